The molecule has 1 aliphatic carbocycles. The van der Waals surface area contributed by atoms with Gasteiger partial charge in [0.2, 0.25) is 5.79 Å². The molecule has 1 aliphatic rings. The minimum absolute atomic E-state index is 0.0915. The third-order valence-electron chi connectivity index (χ3n) is 6.85. The molecule has 0 bridgehead atoms. The Morgan fingerprint density at radius 1 is 1.19 bits per heavy atom. The summed E-state index contributed by atoms with van der Waals surface area (Å²) in [4.78, 5) is 34.2. The Morgan fingerprint density at radius 3 is 2.57 bits per heavy atom. The van der Waals surface area contributed by atoms with E-state index in [9.17, 15) is 14.9 Å². The van der Waals surface area contributed by atoms with E-state index >= 15 is 0 Å². The number of methoxy groups -OCH3 is 1. The molecule has 0 N–H and O–H groups in total. The highest BCUT2D eigenvalue weighted by atomic mass is 17.2. The SMILES string of the molecule is C=CCC(CC)[C@](C)(OC)OO[C@@H]1CCC[C@@H](c2cccc(OC(=O)Oc3ccc([N+](=O)[O-])cc3)c2)C1. The van der Waals surface area contributed by atoms with Crippen molar-refractivity contribution in [2.75, 3.05) is 7.11 Å². The Labute approximate surface area is 217 Å². The second kappa shape index (κ2) is 13.3. The van der Waals surface area contributed by atoms with Crippen molar-refractivity contribution in [1.82, 2.24) is 0 Å². The summed E-state index contributed by atoms with van der Waals surface area (Å²) in [5, 5.41) is 10.8. The van der Waals surface area contributed by atoms with E-state index in [0.29, 0.717) is 5.75 Å². The van der Waals surface area contributed by atoms with Crippen LogP contribution in [0.5, 0.6) is 11.5 Å². The molecule has 0 radical (unpaired) electrons. The van der Waals surface area contributed by atoms with Crippen molar-refractivity contribution < 1.29 is 33.7 Å². The summed E-state index contributed by atoms with van der Waals surface area (Å²) in [6.07, 6.45) is 6.07. The first-order valence-electron chi connectivity index (χ1n) is 12.5. The molecule has 0 heterocycles. The molecular weight excluding hydrogens is 478 g/mol. The Bertz CT molecular complexity index is 1060. The van der Waals surface area contributed by atoms with Crippen LogP contribution in [0.2, 0.25) is 0 Å². The summed E-state index contributed by atoms with van der Waals surface area (Å²) in [5.41, 5.74) is 0.934. The predicted octanol–water partition coefficient (Wildman–Crippen LogP) is 7.11. The Balaban J connectivity index is 1.58. The van der Waals surface area contributed by atoms with Crippen LogP contribution in [0.4, 0.5) is 10.5 Å². The lowest BCUT2D eigenvalue weighted by Gasteiger charge is -2.36. The molecular formula is C28H35NO8. The highest BCUT2D eigenvalue weighted by molar-refractivity contribution is 5.67. The van der Waals surface area contributed by atoms with Crippen LogP contribution in [0.25, 0.3) is 0 Å². The quantitative estimate of drug-likeness (QED) is 0.0562. The van der Waals surface area contributed by atoms with Gasteiger partial charge in [-0.3, -0.25) is 10.1 Å². The van der Waals surface area contributed by atoms with Gasteiger partial charge < -0.3 is 14.2 Å². The third-order valence-corrected chi connectivity index (χ3v) is 6.85. The van der Waals surface area contributed by atoms with Crippen molar-refractivity contribution in [3.05, 3.63) is 76.9 Å². The number of nitro groups is 1. The van der Waals surface area contributed by atoms with E-state index in [1.54, 1.807) is 13.2 Å². The van der Waals surface area contributed by atoms with Crippen LogP contribution in [0.1, 0.15) is 63.9 Å². The lowest BCUT2D eigenvalue weighted by Crippen LogP contribution is -2.41. The molecule has 9 heteroatoms. The maximum atomic E-state index is 12.2. The number of hydrogen-bond donors (Lipinski definition) is 0. The van der Waals surface area contributed by atoms with Crippen LogP contribution < -0.4 is 9.47 Å². The van der Waals surface area contributed by atoms with Gasteiger partial charge in [0.05, 0.1) is 11.0 Å². The highest BCUT2D eigenvalue weighted by Gasteiger charge is 2.36. The summed E-state index contributed by atoms with van der Waals surface area (Å²) in [7, 11) is 1.62. The van der Waals surface area contributed by atoms with E-state index in [1.807, 2.05) is 31.2 Å². The standard InChI is InChI=1S/C28H35NO8/c1-5-9-22(6-2)28(3,33-4)37-36-26-13-8-11-21(19-26)20-10-7-12-25(18-20)35-27(30)34-24-16-14-23(15-17-24)29(31)32/h5,7,10,12,14-18,21-22,26H,1,6,8-9,11,13,19H2,2-4H3/t21-,22?,26-,28-/m1/s1. The van der Waals surface area contributed by atoms with Crippen LogP contribution in [0.15, 0.2) is 61.2 Å². The molecule has 0 spiro atoms. The molecule has 200 valence electrons. The van der Waals surface area contributed by atoms with Crippen molar-refractivity contribution in [2.24, 2.45) is 5.92 Å². The summed E-state index contributed by atoms with van der Waals surface area (Å²) in [5.74, 6) is -0.0332. The second-order valence-electron chi connectivity index (χ2n) is 9.29. The number of benzene rings is 2. The molecule has 3 rings (SSSR count). The van der Waals surface area contributed by atoms with Gasteiger partial charge in [-0.2, -0.15) is 0 Å². The van der Waals surface area contributed by atoms with E-state index in [1.165, 1.54) is 24.3 Å². The average molecular weight is 514 g/mol. The van der Waals surface area contributed by atoms with Gasteiger partial charge in [-0.15, -0.1) is 6.58 Å². The molecule has 2 aromatic carbocycles. The Hall–Kier alpha value is -3.27. The van der Waals surface area contributed by atoms with Gasteiger partial charge in [0, 0.05) is 25.2 Å². The topological polar surface area (TPSA) is 106 Å². The second-order valence-corrected chi connectivity index (χ2v) is 9.29. The number of nitro benzene ring substituents is 1. The average Bonchev–Trinajstić information content (AvgIpc) is 2.91. The van der Waals surface area contributed by atoms with Crippen molar-refractivity contribution in [1.29, 1.82) is 0 Å². The normalized spacial score (nSPS) is 19.9. The van der Waals surface area contributed by atoms with Gasteiger partial charge in [0.1, 0.15) is 11.5 Å². The van der Waals surface area contributed by atoms with E-state index in [4.69, 9.17) is 24.0 Å². The summed E-state index contributed by atoms with van der Waals surface area (Å²) in [6.45, 7) is 7.81. The van der Waals surface area contributed by atoms with E-state index in [2.05, 4.69) is 13.5 Å². The lowest BCUT2D eigenvalue weighted by atomic mass is 9.82. The first kappa shape index (κ1) is 28.3. The number of ether oxygens (including phenoxy) is 3. The molecule has 0 aliphatic heterocycles. The first-order valence-corrected chi connectivity index (χ1v) is 12.5. The molecule has 1 fully saturated rings. The van der Waals surface area contributed by atoms with Crippen molar-refractivity contribution >= 4 is 11.8 Å². The molecule has 0 saturated heterocycles. The molecule has 1 unspecified atom stereocenters. The van der Waals surface area contributed by atoms with E-state index in [0.717, 1.165) is 44.1 Å². The molecule has 0 aromatic heterocycles. The van der Waals surface area contributed by atoms with Crippen molar-refractivity contribution in [3.63, 3.8) is 0 Å². The maximum Gasteiger partial charge on any atom is 0.519 e. The summed E-state index contributed by atoms with van der Waals surface area (Å²) < 4.78 is 16.2. The number of rotatable bonds is 12. The van der Waals surface area contributed by atoms with Crippen LogP contribution in [-0.2, 0) is 14.5 Å². The van der Waals surface area contributed by atoms with Gasteiger partial charge >= 0.3 is 6.16 Å². The minimum Gasteiger partial charge on any atom is -0.395 e. The number of allylic oxidation sites excluding steroid dienone is 1. The lowest BCUT2D eigenvalue weighted by molar-refractivity contribution is -0.451. The molecule has 37 heavy (non-hydrogen) atoms. The minimum atomic E-state index is -0.923. The number of carbonyl (C=O) groups excluding carboxylic acids is 1. The van der Waals surface area contributed by atoms with Gasteiger partial charge in [0.15, 0.2) is 0 Å². The number of carbonyl (C=O) groups is 1. The van der Waals surface area contributed by atoms with Crippen LogP contribution in [-0.4, -0.2) is 30.1 Å². The summed E-state index contributed by atoms with van der Waals surface area (Å²) in [6, 6.07) is 12.5. The predicted molar refractivity (Wildman–Crippen MR) is 137 cm³/mol. The zero-order valence-electron chi connectivity index (χ0n) is 21.6. The maximum absolute atomic E-state index is 12.2. The fourth-order valence-corrected chi connectivity index (χ4v) is 4.60. The van der Waals surface area contributed by atoms with Crippen LogP contribution >= 0.6 is 0 Å². The fourth-order valence-electron chi connectivity index (χ4n) is 4.60. The molecule has 0 amide bonds. The Morgan fingerprint density at radius 2 is 1.92 bits per heavy atom. The first-order chi connectivity index (χ1) is 17.8. The zero-order valence-corrected chi connectivity index (χ0v) is 21.6. The monoisotopic (exact) mass is 513 g/mol. The van der Waals surface area contributed by atoms with Crippen molar-refractivity contribution in [2.45, 2.75) is 70.2 Å². The third kappa shape index (κ3) is 7.85. The molecule has 9 nitrogen and oxygen atoms in total. The largest absolute Gasteiger partial charge is 0.519 e. The number of non-ortho nitro benzene ring substituents is 1. The number of nitrogens with zero attached hydrogens (tertiary/aromatic N) is 1. The van der Waals surface area contributed by atoms with E-state index < -0.39 is 16.9 Å². The van der Waals surface area contributed by atoms with Gasteiger partial charge in [-0.1, -0.05) is 31.6 Å². The highest BCUT2D eigenvalue weighted by Crippen LogP contribution is 2.37. The van der Waals surface area contributed by atoms with Gasteiger partial charge in [-0.05, 0) is 74.8 Å². The van der Waals surface area contributed by atoms with Crippen LogP contribution in [0.3, 0.4) is 0 Å². The van der Waals surface area contributed by atoms with Crippen molar-refractivity contribution in [3.8, 4) is 11.5 Å². The van der Waals surface area contributed by atoms with Crippen LogP contribution in [0, 0.1) is 16.0 Å². The molecule has 1 saturated carbocycles. The molecule has 4 atom stereocenters. The number of hydrogen-bond acceptors (Lipinski definition) is 8. The smallest absolute Gasteiger partial charge is 0.395 e. The van der Waals surface area contributed by atoms with Gasteiger partial charge in [-0.25, -0.2) is 14.6 Å². The molecule has 2 aromatic rings. The Kier molecular flexibility index (Phi) is 10.2. The van der Waals surface area contributed by atoms with Gasteiger partial charge in [0.25, 0.3) is 5.69 Å². The zero-order chi connectivity index (χ0) is 26.8. The fraction of sp³-hybridized carbons (Fsp3) is 0.464. The summed E-state index contributed by atoms with van der Waals surface area (Å²) >= 11 is 0. The van der Waals surface area contributed by atoms with E-state index in [-0.39, 0.29) is 29.4 Å².